The van der Waals surface area contributed by atoms with Crippen molar-refractivity contribution in [3.05, 3.63) is 70.4 Å². The third kappa shape index (κ3) is 8.09. The Labute approximate surface area is 247 Å². The first kappa shape index (κ1) is 32.1. The van der Waals surface area contributed by atoms with Crippen molar-refractivity contribution in [2.45, 2.75) is 65.7 Å². The molecule has 1 fully saturated rings. The first-order chi connectivity index (χ1) is 19.5. The van der Waals surface area contributed by atoms with Gasteiger partial charge in [-0.25, -0.2) is 4.98 Å². The molecule has 1 aromatic heterocycles. The van der Waals surface area contributed by atoms with Crippen molar-refractivity contribution >= 4 is 29.8 Å². The number of carbonyl (C=O) groups is 3. The van der Waals surface area contributed by atoms with Gasteiger partial charge in [0, 0.05) is 30.8 Å². The van der Waals surface area contributed by atoms with E-state index in [1.165, 1.54) is 0 Å². The largest absolute Gasteiger partial charge is 0.508 e. The molecule has 0 aliphatic carbocycles. The van der Waals surface area contributed by atoms with Gasteiger partial charge in [0.15, 0.2) is 0 Å². The van der Waals surface area contributed by atoms with E-state index < -0.39 is 0 Å². The molecule has 1 aliphatic rings. The molecule has 0 spiro atoms. The molecule has 2 atom stereocenters. The number of rotatable bonds is 9. The highest BCUT2D eigenvalue weighted by molar-refractivity contribution is 7.13. The maximum absolute atomic E-state index is 13.2. The number of phenols is 1. The number of hydrogen-bond acceptors (Lipinski definition) is 8. The van der Waals surface area contributed by atoms with Crippen LogP contribution < -0.4 is 5.32 Å². The molecule has 1 saturated heterocycles. The first-order valence-corrected chi connectivity index (χ1v) is 14.8. The monoisotopic (exact) mass is 578 g/mol. The summed E-state index contributed by atoms with van der Waals surface area (Å²) in [6.45, 7) is 9.88. The number of likely N-dealkylation sites (tertiary alicyclic amines) is 1. The summed E-state index contributed by atoms with van der Waals surface area (Å²) in [4.78, 5) is 44.8. The minimum Gasteiger partial charge on any atom is -0.508 e. The molecule has 2 aromatic carbocycles. The van der Waals surface area contributed by atoms with Gasteiger partial charge in [-0.1, -0.05) is 57.2 Å². The molecule has 2 unspecified atom stereocenters. The molecule has 4 rings (SSSR count). The van der Waals surface area contributed by atoms with E-state index in [1.807, 2.05) is 82.5 Å². The zero-order valence-electron chi connectivity index (χ0n) is 24.9. The zero-order valence-corrected chi connectivity index (χ0v) is 25.7. The molecule has 1 aliphatic heterocycles. The van der Waals surface area contributed by atoms with Gasteiger partial charge >= 0.3 is 0 Å². The fraction of sp³-hybridized carbons (Fsp3) is 0.438. The van der Waals surface area contributed by atoms with Crippen molar-refractivity contribution in [3.8, 4) is 16.2 Å². The predicted molar refractivity (Wildman–Crippen MR) is 164 cm³/mol. The average Bonchev–Trinajstić information content (AvgIpc) is 3.59. The van der Waals surface area contributed by atoms with Crippen LogP contribution in [0.5, 0.6) is 5.75 Å². The summed E-state index contributed by atoms with van der Waals surface area (Å²) in [6.07, 6.45) is 3.33. The van der Waals surface area contributed by atoms with E-state index in [-0.39, 0.29) is 23.4 Å². The lowest BCUT2D eigenvalue weighted by Gasteiger charge is -2.40. The highest BCUT2D eigenvalue weighted by atomic mass is 32.1. The summed E-state index contributed by atoms with van der Waals surface area (Å²) in [5.41, 5.74) is 6.01. The normalized spacial score (nSPS) is 15.8. The second-order valence-corrected chi connectivity index (χ2v) is 12.4. The number of carbonyl (C=O) groups excluding carboxylic acids is 3. The number of aromatic nitrogens is 1. The van der Waals surface area contributed by atoms with Crippen LogP contribution in [0.25, 0.3) is 10.4 Å². The second kappa shape index (κ2) is 14.5. The lowest BCUT2D eigenvalue weighted by Crippen LogP contribution is -2.54. The number of benzene rings is 2. The summed E-state index contributed by atoms with van der Waals surface area (Å²) >= 11 is 1.59. The van der Waals surface area contributed by atoms with Gasteiger partial charge in [-0.15, -0.1) is 11.3 Å². The van der Waals surface area contributed by atoms with Crippen LogP contribution in [0.2, 0.25) is 0 Å². The summed E-state index contributed by atoms with van der Waals surface area (Å²) in [5.74, 6) is 0.327. The van der Waals surface area contributed by atoms with Crippen molar-refractivity contribution in [1.29, 1.82) is 0 Å². The highest BCUT2D eigenvalue weighted by Crippen LogP contribution is 2.31. The van der Waals surface area contributed by atoms with Crippen LogP contribution in [0.1, 0.15) is 60.8 Å². The van der Waals surface area contributed by atoms with E-state index in [0.29, 0.717) is 30.9 Å². The van der Waals surface area contributed by atoms with Gasteiger partial charge in [0.2, 0.25) is 5.91 Å². The van der Waals surface area contributed by atoms with Crippen LogP contribution in [-0.4, -0.2) is 71.1 Å². The van der Waals surface area contributed by atoms with Crippen LogP contribution in [0.3, 0.4) is 0 Å². The molecular weight excluding hydrogens is 536 g/mol. The van der Waals surface area contributed by atoms with Crippen LogP contribution in [0.15, 0.2) is 48.0 Å². The molecule has 0 saturated carbocycles. The number of aromatic hydroxyl groups is 1. The Morgan fingerprint density at radius 2 is 1.95 bits per heavy atom. The molecular formula is C32H42N4O4S. The maximum Gasteiger partial charge on any atom is 0.241 e. The summed E-state index contributed by atoms with van der Waals surface area (Å²) in [7, 11) is 3.77. The van der Waals surface area contributed by atoms with Crippen molar-refractivity contribution in [2.75, 3.05) is 20.6 Å². The van der Waals surface area contributed by atoms with Crippen molar-refractivity contribution < 1.29 is 19.5 Å². The van der Waals surface area contributed by atoms with Gasteiger partial charge in [-0.05, 0) is 56.5 Å². The molecule has 1 amide bonds. The van der Waals surface area contributed by atoms with E-state index in [1.54, 1.807) is 28.4 Å². The number of hydrogen-bond donors (Lipinski definition) is 2. The summed E-state index contributed by atoms with van der Waals surface area (Å²) < 4.78 is 0. The number of nitrogens with zero attached hydrogens (tertiary/aromatic N) is 3. The molecule has 2 heterocycles. The Morgan fingerprint density at radius 1 is 1.22 bits per heavy atom. The highest BCUT2D eigenvalue weighted by Gasteiger charge is 2.40. The third-order valence-electron chi connectivity index (χ3n) is 7.30. The fourth-order valence-corrected chi connectivity index (χ4v) is 6.16. The Morgan fingerprint density at radius 3 is 2.54 bits per heavy atom. The van der Waals surface area contributed by atoms with Crippen molar-refractivity contribution in [2.24, 2.45) is 5.41 Å². The Bertz CT molecular complexity index is 1330. The van der Waals surface area contributed by atoms with Gasteiger partial charge in [-0.2, -0.15) is 0 Å². The molecule has 8 nitrogen and oxygen atoms in total. The lowest BCUT2D eigenvalue weighted by molar-refractivity contribution is -0.143. The summed E-state index contributed by atoms with van der Waals surface area (Å²) in [6, 6.07) is 12.5. The number of amides is 1. The minimum absolute atomic E-state index is 0.00631. The average molecular weight is 579 g/mol. The summed E-state index contributed by atoms with van der Waals surface area (Å²) in [5, 5.41) is 12.9. The van der Waals surface area contributed by atoms with Crippen molar-refractivity contribution in [1.82, 2.24) is 20.1 Å². The predicted octanol–water partition coefficient (Wildman–Crippen LogP) is 5.08. The molecule has 3 aromatic rings. The molecule has 41 heavy (non-hydrogen) atoms. The number of likely N-dealkylation sites (N-methyl/N-ethyl adjacent to an activating group) is 1. The number of aldehydes is 2. The van der Waals surface area contributed by atoms with Crippen LogP contribution in [0.4, 0.5) is 0 Å². The molecule has 9 heteroatoms. The van der Waals surface area contributed by atoms with E-state index in [2.05, 4.69) is 10.3 Å². The van der Waals surface area contributed by atoms with Crippen molar-refractivity contribution in [3.63, 3.8) is 0 Å². The van der Waals surface area contributed by atoms with Crippen LogP contribution in [0, 0.1) is 12.3 Å². The lowest BCUT2D eigenvalue weighted by atomic mass is 9.84. The first-order valence-electron chi connectivity index (χ1n) is 13.9. The number of aryl methyl sites for hydroxylation is 1. The van der Waals surface area contributed by atoms with Crippen LogP contribution >= 0.6 is 11.3 Å². The Kier molecular flexibility index (Phi) is 11.3. The SMILES string of the molecule is CN(Cc1ccccc1C=O)C(C(=O)N1CCCC1C=O)C(C)(C)C.CNCc1ccc(-c2scnc2C)cc1O. The van der Waals surface area contributed by atoms with E-state index in [0.717, 1.165) is 52.7 Å². The zero-order chi connectivity index (χ0) is 30.2. The van der Waals surface area contributed by atoms with Gasteiger partial charge < -0.3 is 20.1 Å². The molecule has 220 valence electrons. The Balaban J connectivity index is 0.000000248. The van der Waals surface area contributed by atoms with Gasteiger partial charge in [0.25, 0.3) is 0 Å². The van der Waals surface area contributed by atoms with E-state index >= 15 is 0 Å². The third-order valence-corrected chi connectivity index (χ3v) is 8.27. The maximum atomic E-state index is 13.2. The van der Waals surface area contributed by atoms with Gasteiger partial charge in [0.1, 0.15) is 18.3 Å². The topological polar surface area (TPSA) is 103 Å². The second-order valence-electron chi connectivity index (χ2n) is 11.5. The molecule has 0 radical (unpaired) electrons. The number of thiazole rings is 1. The standard InChI is InChI=1S/C20H28N2O3.C12H14N2OS/c1-20(2,3)18(19(25)22-11-7-10-17(22)14-24)21(4)12-15-8-5-6-9-16(15)13-23;1-8-12(16-7-14-8)9-3-4-10(6-13-2)11(15)5-9/h5-6,8-9,13-14,17-18H,7,10-12H2,1-4H3;3-5,7,13,15H,6H2,1-2H3. The van der Waals surface area contributed by atoms with E-state index in [4.69, 9.17) is 0 Å². The fourth-order valence-electron chi connectivity index (χ4n) is 5.36. The van der Waals surface area contributed by atoms with Gasteiger partial charge in [0.05, 0.1) is 28.2 Å². The smallest absolute Gasteiger partial charge is 0.241 e. The minimum atomic E-state index is -0.368. The quantitative estimate of drug-likeness (QED) is 0.342. The van der Waals surface area contributed by atoms with Gasteiger partial charge in [-0.3, -0.25) is 14.5 Å². The molecule has 0 bridgehead atoms. The Hall–Kier alpha value is -3.40. The number of phenolic OH excluding ortho intramolecular Hbond substituents is 1. The number of nitrogens with one attached hydrogen (secondary N) is 1. The van der Waals surface area contributed by atoms with Crippen LogP contribution in [-0.2, 0) is 22.7 Å². The van der Waals surface area contributed by atoms with E-state index in [9.17, 15) is 19.5 Å². The molecule has 2 N–H and O–H groups in total.